The fourth-order valence-electron chi connectivity index (χ4n) is 4.20. The van der Waals surface area contributed by atoms with Crippen molar-refractivity contribution in [1.82, 2.24) is 10.2 Å². The molecule has 39 heavy (non-hydrogen) atoms. The fourth-order valence-corrected chi connectivity index (χ4v) is 5.67. The Morgan fingerprint density at radius 2 is 1.51 bits per heavy atom. The molecule has 0 radical (unpaired) electrons. The zero-order valence-corrected chi connectivity index (χ0v) is 23.9. The summed E-state index contributed by atoms with van der Waals surface area (Å²) in [6.07, 6.45) is 0.577. The molecule has 1 N–H and O–H groups in total. The van der Waals surface area contributed by atoms with Gasteiger partial charge in [0.15, 0.2) is 0 Å². The Bertz CT molecular complexity index is 1360. The predicted molar refractivity (Wildman–Crippen MR) is 153 cm³/mol. The number of hydrogen-bond donors (Lipinski definition) is 1. The molecule has 0 aliphatic carbocycles. The van der Waals surface area contributed by atoms with Gasteiger partial charge in [-0.15, -0.1) is 0 Å². The zero-order valence-electron chi connectivity index (χ0n) is 23.1. The van der Waals surface area contributed by atoms with Gasteiger partial charge in [-0.2, -0.15) is 0 Å². The van der Waals surface area contributed by atoms with Crippen molar-refractivity contribution in [2.45, 2.75) is 57.6 Å². The highest BCUT2D eigenvalue weighted by molar-refractivity contribution is 7.92. The molecule has 0 bridgehead atoms. The minimum Gasteiger partial charge on any atom is -0.497 e. The van der Waals surface area contributed by atoms with Crippen LogP contribution >= 0.6 is 0 Å². The van der Waals surface area contributed by atoms with E-state index in [4.69, 9.17) is 4.74 Å². The molecule has 0 saturated carbocycles. The number of amides is 2. The molecule has 3 aromatic rings. The molecule has 1 atom stereocenters. The highest BCUT2D eigenvalue weighted by Gasteiger charge is 2.33. The first-order valence-electron chi connectivity index (χ1n) is 13.0. The number of para-hydroxylation sites is 1. The molecule has 0 aromatic heterocycles. The first-order valence-corrected chi connectivity index (χ1v) is 14.4. The van der Waals surface area contributed by atoms with E-state index in [1.165, 1.54) is 17.0 Å². The van der Waals surface area contributed by atoms with Crippen molar-refractivity contribution in [3.8, 4) is 5.75 Å². The molecule has 0 unspecified atom stereocenters. The van der Waals surface area contributed by atoms with Crippen molar-refractivity contribution in [3.05, 3.63) is 90.0 Å². The van der Waals surface area contributed by atoms with E-state index in [-0.39, 0.29) is 23.4 Å². The molecule has 208 valence electrons. The molecule has 0 heterocycles. The van der Waals surface area contributed by atoms with E-state index in [0.29, 0.717) is 17.9 Å². The van der Waals surface area contributed by atoms with E-state index in [2.05, 4.69) is 5.32 Å². The highest BCUT2D eigenvalue weighted by atomic mass is 32.2. The third kappa shape index (κ3) is 7.38. The summed E-state index contributed by atoms with van der Waals surface area (Å²) < 4.78 is 34.2. The lowest BCUT2D eigenvalue weighted by molar-refractivity contribution is -0.139. The number of carbonyl (C=O) groups excluding carboxylic acids is 2. The van der Waals surface area contributed by atoms with Gasteiger partial charge in [0, 0.05) is 12.6 Å². The summed E-state index contributed by atoms with van der Waals surface area (Å²) in [7, 11) is -2.52. The normalized spacial score (nSPS) is 12.1. The molecular formula is C30H37N3O5S. The molecule has 3 aromatic carbocycles. The number of ether oxygens (including phenoxy) is 1. The van der Waals surface area contributed by atoms with Crippen LogP contribution in [0, 0.1) is 0 Å². The van der Waals surface area contributed by atoms with E-state index in [9.17, 15) is 18.0 Å². The largest absolute Gasteiger partial charge is 0.497 e. The number of aryl methyl sites for hydroxylation is 1. The lowest BCUT2D eigenvalue weighted by Crippen LogP contribution is -2.52. The van der Waals surface area contributed by atoms with Gasteiger partial charge < -0.3 is 15.0 Å². The van der Waals surface area contributed by atoms with Crippen molar-refractivity contribution < 1.29 is 22.7 Å². The van der Waals surface area contributed by atoms with Crippen LogP contribution < -0.4 is 14.4 Å². The van der Waals surface area contributed by atoms with Gasteiger partial charge in [-0.05, 0) is 68.7 Å². The second-order valence-corrected chi connectivity index (χ2v) is 11.4. The minimum atomic E-state index is -4.09. The van der Waals surface area contributed by atoms with Crippen LogP contribution in [0.1, 0.15) is 38.8 Å². The van der Waals surface area contributed by atoms with Gasteiger partial charge in [-0.1, -0.05) is 55.5 Å². The van der Waals surface area contributed by atoms with Crippen LogP contribution in [0.5, 0.6) is 5.75 Å². The summed E-state index contributed by atoms with van der Waals surface area (Å²) in [6.45, 7) is 6.91. The van der Waals surface area contributed by atoms with Crippen molar-refractivity contribution in [2.75, 3.05) is 18.0 Å². The van der Waals surface area contributed by atoms with E-state index >= 15 is 0 Å². The topological polar surface area (TPSA) is 96.0 Å². The smallest absolute Gasteiger partial charge is 0.264 e. The minimum absolute atomic E-state index is 0.0796. The molecule has 0 spiro atoms. The molecule has 9 heteroatoms. The summed E-state index contributed by atoms with van der Waals surface area (Å²) in [5.74, 6) is -0.153. The van der Waals surface area contributed by atoms with Gasteiger partial charge >= 0.3 is 0 Å². The molecular weight excluding hydrogens is 514 g/mol. The van der Waals surface area contributed by atoms with Crippen molar-refractivity contribution in [2.24, 2.45) is 0 Å². The van der Waals surface area contributed by atoms with E-state index in [1.54, 1.807) is 56.5 Å². The number of nitrogens with one attached hydrogen (secondary N) is 1. The molecule has 0 aliphatic heterocycles. The van der Waals surface area contributed by atoms with Crippen LogP contribution in [0.15, 0.2) is 83.8 Å². The maximum atomic E-state index is 14.0. The van der Waals surface area contributed by atoms with Gasteiger partial charge in [-0.25, -0.2) is 8.42 Å². The quantitative estimate of drug-likeness (QED) is 0.360. The lowest BCUT2D eigenvalue weighted by atomic mass is 10.1. The van der Waals surface area contributed by atoms with Gasteiger partial charge in [0.25, 0.3) is 10.0 Å². The maximum absolute atomic E-state index is 14.0. The Morgan fingerprint density at radius 3 is 2.10 bits per heavy atom. The summed E-state index contributed by atoms with van der Waals surface area (Å²) in [5, 5.41) is 2.86. The highest BCUT2D eigenvalue weighted by Crippen LogP contribution is 2.28. The van der Waals surface area contributed by atoms with Crippen LogP contribution in [0.4, 0.5) is 5.69 Å². The average molecular weight is 552 g/mol. The Labute approximate surface area is 231 Å². The number of nitrogens with zero attached hydrogens (tertiary/aromatic N) is 2. The number of anilines is 1. The standard InChI is InChI=1S/C30H37N3O5S/c1-6-25-12-10-11-15-28(25)33(39(36,37)27-13-8-7-9-14-27)21-29(34)32(23(4)30(35)31-22(2)3)20-24-16-18-26(38-5)19-17-24/h7-19,22-23H,6,20-21H2,1-5H3,(H,31,35)/t23-/m1/s1. The molecule has 0 saturated heterocycles. The molecule has 8 nitrogen and oxygen atoms in total. The Kier molecular flexibility index (Phi) is 10.1. The third-order valence-electron chi connectivity index (χ3n) is 6.36. The summed E-state index contributed by atoms with van der Waals surface area (Å²) in [6, 6.07) is 21.4. The summed E-state index contributed by atoms with van der Waals surface area (Å²) in [4.78, 5) is 28.5. The first-order chi connectivity index (χ1) is 18.6. The second kappa shape index (κ2) is 13.3. The summed E-state index contributed by atoms with van der Waals surface area (Å²) in [5.41, 5.74) is 2.00. The summed E-state index contributed by atoms with van der Waals surface area (Å²) >= 11 is 0. The van der Waals surface area contributed by atoms with Crippen LogP contribution in [0.25, 0.3) is 0 Å². The van der Waals surface area contributed by atoms with Crippen molar-refractivity contribution >= 4 is 27.5 Å². The number of sulfonamides is 1. The van der Waals surface area contributed by atoms with Crippen LogP contribution in [0.2, 0.25) is 0 Å². The van der Waals surface area contributed by atoms with Crippen molar-refractivity contribution in [3.63, 3.8) is 0 Å². The van der Waals surface area contributed by atoms with Gasteiger partial charge in [-0.3, -0.25) is 13.9 Å². The fraction of sp³-hybridized carbons (Fsp3) is 0.333. The number of methoxy groups -OCH3 is 1. The van der Waals surface area contributed by atoms with Gasteiger partial charge in [0.05, 0.1) is 17.7 Å². The van der Waals surface area contributed by atoms with Crippen LogP contribution in [0.3, 0.4) is 0 Å². The van der Waals surface area contributed by atoms with Crippen molar-refractivity contribution in [1.29, 1.82) is 0 Å². The van der Waals surface area contributed by atoms with Crippen LogP contribution in [-0.4, -0.2) is 50.9 Å². The third-order valence-corrected chi connectivity index (χ3v) is 8.14. The number of benzene rings is 3. The molecule has 3 rings (SSSR count). The number of carbonyl (C=O) groups is 2. The number of hydrogen-bond acceptors (Lipinski definition) is 5. The van der Waals surface area contributed by atoms with Gasteiger partial charge in [0.1, 0.15) is 18.3 Å². The predicted octanol–water partition coefficient (Wildman–Crippen LogP) is 4.39. The van der Waals surface area contributed by atoms with Gasteiger partial charge in [0.2, 0.25) is 11.8 Å². The Hall–Kier alpha value is -3.85. The second-order valence-electron chi connectivity index (χ2n) is 9.52. The number of rotatable bonds is 12. The zero-order chi connectivity index (χ0) is 28.6. The van der Waals surface area contributed by atoms with E-state index in [1.807, 2.05) is 45.0 Å². The maximum Gasteiger partial charge on any atom is 0.264 e. The molecule has 0 aliphatic rings. The Balaban J connectivity index is 2.05. The van der Waals surface area contributed by atoms with Crippen LogP contribution in [-0.2, 0) is 32.6 Å². The lowest BCUT2D eigenvalue weighted by Gasteiger charge is -2.33. The first kappa shape index (κ1) is 29.7. The molecule has 0 fully saturated rings. The Morgan fingerprint density at radius 1 is 0.897 bits per heavy atom. The monoisotopic (exact) mass is 551 g/mol. The molecule has 2 amide bonds. The average Bonchev–Trinajstić information content (AvgIpc) is 2.94. The van der Waals surface area contributed by atoms with E-state index in [0.717, 1.165) is 15.4 Å². The SMILES string of the molecule is CCc1ccccc1N(CC(=O)N(Cc1ccc(OC)cc1)[C@H](C)C(=O)NC(C)C)S(=O)(=O)c1ccccc1. The van der Waals surface area contributed by atoms with E-state index < -0.39 is 28.5 Å².